The van der Waals surface area contributed by atoms with Crippen LogP contribution in [0, 0.1) is 5.92 Å². The number of nitrogens with zero attached hydrogens (tertiary/aromatic N) is 1. The first-order valence-corrected chi connectivity index (χ1v) is 9.32. The fourth-order valence-corrected chi connectivity index (χ4v) is 3.10. The predicted molar refractivity (Wildman–Crippen MR) is 101 cm³/mol. The van der Waals surface area contributed by atoms with Crippen molar-refractivity contribution in [1.82, 2.24) is 4.90 Å². The van der Waals surface area contributed by atoms with Gasteiger partial charge in [0.2, 0.25) is 0 Å². The Balaban J connectivity index is 2.22. The number of carbonyl (C=O) groups is 2. The summed E-state index contributed by atoms with van der Waals surface area (Å²) in [6.07, 6.45) is 0.692. The normalized spacial score (nSPS) is 17.1. The molecule has 0 aromatic heterocycles. The van der Waals surface area contributed by atoms with E-state index in [9.17, 15) is 9.59 Å². The van der Waals surface area contributed by atoms with E-state index in [2.05, 4.69) is 13.8 Å². The maximum atomic E-state index is 12.9. The van der Waals surface area contributed by atoms with E-state index in [1.807, 2.05) is 0 Å². The molecule has 1 N–H and O–H groups in total. The Morgan fingerprint density at radius 3 is 2.78 bits per heavy atom. The molecule has 0 saturated carbocycles. The number of hydrogen-bond donors (Lipinski definition) is 1. The summed E-state index contributed by atoms with van der Waals surface area (Å²) in [5.41, 5.74) is 0.324. The lowest BCUT2D eigenvalue weighted by molar-refractivity contribution is -0.139. The lowest BCUT2D eigenvalue weighted by Crippen LogP contribution is -2.49. The van der Waals surface area contributed by atoms with Crippen LogP contribution in [0.5, 0.6) is 11.5 Å². The molecule has 27 heavy (non-hydrogen) atoms. The first-order chi connectivity index (χ1) is 12.8. The average Bonchev–Trinajstić information content (AvgIpc) is 2.61. The third kappa shape index (κ3) is 5.74. The number of carboxylic acid groups (broad SMARTS) is 1. The second-order valence-electron chi connectivity index (χ2n) is 6.85. The van der Waals surface area contributed by atoms with E-state index in [0.29, 0.717) is 42.7 Å². The highest BCUT2D eigenvalue weighted by Gasteiger charge is 2.30. The first kappa shape index (κ1) is 21.3. The number of benzene rings is 1. The van der Waals surface area contributed by atoms with Crippen LogP contribution in [-0.4, -0.2) is 61.4 Å². The van der Waals surface area contributed by atoms with Crippen LogP contribution in [-0.2, 0) is 9.53 Å². The Kier molecular flexibility index (Phi) is 7.74. The van der Waals surface area contributed by atoms with E-state index < -0.39 is 12.0 Å². The Bertz CT molecular complexity index is 678. The minimum Gasteiger partial charge on any atom is -0.493 e. The van der Waals surface area contributed by atoms with Crippen molar-refractivity contribution in [2.45, 2.75) is 32.7 Å². The molecule has 1 aliphatic rings. The van der Waals surface area contributed by atoms with E-state index in [1.54, 1.807) is 6.07 Å². The van der Waals surface area contributed by atoms with Crippen LogP contribution in [0.1, 0.15) is 37.0 Å². The lowest BCUT2D eigenvalue weighted by atomic mass is 10.1. The maximum absolute atomic E-state index is 12.9. The Hall–Kier alpha value is -1.99. The third-order valence-electron chi connectivity index (χ3n) is 4.32. The number of halogens is 1. The summed E-state index contributed by atoms with van der Waals surface area (Å²) in [6, 6.07) is 2.59. The van der Waals surface area contributed by atoms with Crippen molar-refractivity contribution in [3.63, 3.8) is 0 Å². The molecule has 1 unspecified atom stereocenters. The zero-order valence-electron chi connectivity index (χ0n) is 15.9. The Morgan fingerprint density at radius 1 is 1.41 bits per heavy atom. The molecule has 0 bridgehead atoms. The molecular weight excluding hydrogens is 374 g/mol. The fourth-order valence-electron chi connectivity index (χ4n) is 2.84. The third-order valence-corrected chi connectivity index (χ3v) is 4.60. The number of carbonyl (C=O) groups excluding carboxylic acids is 1. The topological polar surface area (TPSA) is 85.3 Å². The summed E-state index contributed by atoms with van der Waals surface area (Å²) in [4.78, 5) is 25.5. The molecule has 0 radical (unpaired) electrons. The van der Waals surface area contributed by atoms with Gasteiger partial charge in [-0.05, 0) is 24.5 Å². The highest BCUT2D eigenvalue weighted by molar-refractivity contribution is 6.32. The van der Waals surface area contributed by atoms with Gasteiger partial charge < -0.3 is 24.2 Å². The number of carboxylic acids is 1. The highest BCUT2D eigenvalue weighted by atomic mass is 35.5. The molecule has 1 saturated heterocycles. The van der Waals surface area contributed by atoms with Crippen LogP contribution in [0.3, 0.4) is 0 Å². The van der Waals surface area contributed by atoms with Gasteiger partial charge >= 0.3 is 5.97 Å². The zero-order chi connectivity index (χ0) is 20.0. The van der Waals surface area contributed by atoms with Crippen molar-refractivity contribution in [3.8, 4) is 11.5 Å². The molecule has 0 aliphatic carbocycles. The summed E-state index contributed by atoms with van der Waals surface area (Å²) >= 11 is 6.34. The lowest BCUT2D eigenvalue weighted by Gasteiger charge is -2.35. The van der Waals surface area contributed by atoms with Gasteiger partial charge in [-0.2, -0.15) is 0 Å². The first-order valence-electron chi connectivity index (χ1n) is 8.94. The molecule has 7 nitrogen and oxygen atoms in total. The van der Waals surface area contributed by atoms with Crippen molar-refractivity contribution >= 4 is 23.5 Å². The number of morpholine rings is 1. The summed E-state index contributed by atoms with van der Waals surface area (Å²) in [7, 11) is 1.48. The van der Waals surface area contributed by atoms with E-state index in [0.717, 1.165) is 6.42 Å². The average molecular weight is 400 g/mol. The Morgan fingerprint density at radius 2 is 2.15 bits per heavy atom. The second-order valence-corrected chi connectivity index (χ2v) is 7.25. The van der Waals surface area contributed by atoms with Gasteiger partial charge in [0.15, 0.2) is 11.5 Å². The number of rotatable bonds is 8. The number of ether oxygens (including phenoxy) is 3. The summed E-state index contributed by atoms with van der Waals surface area (Å²) in [5, 5.41) is 9.35. The number of hydrogen-bond acceptors (Lipinski definition) is 5. The van der Waals surface area contributed by atoms with Gasteiger partial charge in [0.25, 0.3) is 5.91 Å². The van der Waals surface area contributed by atoms with Gasteiger partial charge in [-0.25, -0.2) is 0 Å². The fraction of sp³-hybridized carbons (Fsp3) is 0.579. The SMILES string of the molecule is COc1cc(C(=O)N2CCOCC2CC(=O)O)cc(Cl)c1OCCC(C)C. The van der Waals surface area contributed by atoms with Crippen LogP contribution in [0.4, 0.5) is 0 Å². The molecule has 1 amide bonds. The van der Waals surface area contributed by atoms with Gasteiger partial charge in [-0.15, -0.1) is 0 Å². The Labute approximate surface area is 164 Å². The maximum Gasteiger partial charge on any atom is 0.305 e. The smallest absolute Gasteiger partial charge is 0.305 e. The minimum absolute atomic E-state index is 0.174. The second kappa shape index (κ2) is 9.80. The summed E-state index contributed by atoms with van der Waals surface area (Å²) in [5.74, 6) is -0.0208. The largest absolute Gasteiger partial charge is 0.493 e. The van der Waals surface area contributed by atoms with Crippen molar-refractivity contribution < 1.29 is 28.9 Å². The zero-order valence-corrected chi connectivity index (χ0v) is 16.6. The molecule has 2 rings (SSSR count). The van der Waals surface area contributed by atoms with E-state index >= 15 is 0 Å². The molecule has 1 fully saturated rings. The minimum atomic E-state index is -0.979. The molecule has 1 aromatic carbocycles. The van der Waals surface area contributed by atoms with Gasteiger partial charge in [0.1, 0.15) is 0 Å². The van der Waals surface area contributed by atoms with Crippen molar-refractivity contribution in [2.24, 2.45) is 5.92 Å². The van der Waals surface area contributed by atoms with E-state index in [-0.39, 0.29) is 24.0 Å². The molecular formula is C19H26ClNO6. The quantitative estimate of drug-likeness (QED) is 0.723. The van der Waals surface area contributed by atoms with E-state index in [1.165, 1.54) is 18.1 Å². The highest BCUT2D eigenvalue weighted by Crippen LogP contribution is 2.37. The van der Waals surface area contributed by atoms with Crippen LogP contribution in [0.25, 0.3) is 0 Å². The summed E-state index contributed by atoms with van der Waals surface area (Å²) < 4.78 is 16.4. The molecule has 8 heteroatoms. The monoisotopic (exact) mass is 399 g/mol. The number of methoxy groups -OCH3 is 1. The van der Waals surface area contributed by atoms with Crippen LogP contribution >= 0.6 is 11.6 Å². The van der Waals surface area contributed by atoms with Gasteiger partial charge in [0, 0.05) is 12.1 Å². The number of amides is 1. The molecule has 1 aliphatic heterocycles. The van der Waals surface area contributed by atoms with E-state index in [4.69, 9.17) is 30.9 Å². The molecule has 1 heterocycles. The van der Waals surface area contributed by atoms with Crippen molar-refractivity contribution in [1.29, 1.82) is 0 Å². The van der Waals surface area contributed by atoms with Gasteiger partial charge in [-0.1, -0.05) is 25.4 Å². The van der Waals surface area contributed by atoms with Crippen molar-refractivity contribution in [2.75, 3.05) is 33.5 Å². The molecule has 150 valence electrons. The van der Waals surface area contributed by atoms with Gasteiger partial charge in [-0.3, -0.25) is 9.59 Å². The van der Waals surface area contributed by atoms with Crippen molar-refractivity contribution in [3.05, 3.63) is 22.7 Å². The van der Waals surface area contributed by atoms with Gasteiger partial charge in [0.05, 0.1) is 44.4 Å². The molecule has 1 aromatic rings. The standard InChI is InChI=1S/C19H26ClNO6/c1-12(2)4-6-27-18-15(20)8-13(9-16(18)25-3)19(24)21-5-7-26-11-14(21)10-17(22)23/h8-9,12,14H,4-7,10-11H2,1-3H3,(H,22,23). The predicted octanol–water partition coefficient (Wildman–Crippen LogP) is 3.09. The van der Waals surface area contributed by atoms with Crippen LogP contribution < -0.4 is 9.47 Å². The molecule has 1 atom stereocenters. The molecule has 0 spiro atoms. The summed E-state index contributed by atoms with van der Waals surface area (Å²) in [6.45, 7) is 5.57. The number of aliphatic carboxylic acids is 1. The van der Waals surface area contributed by atoms with Crippen LogP contribution in [0.15, 0.2) is 12.1 Å². The van der Waals surface area contributed by atoms with Crippen LogP contribution in [0.2, 0.25) is 5.02 Å².